The van der Waals surface area contributed by atoms with Crippen LogP contribution in [0.4, 0.5) is 0 Å². The van der Waals surface area contributed by atoms with Crippen LogP contribution >= 0.6 is 0 Å². The summed E-state index contributed by atoms with van der Waals surface area (Å²) in [5.41, 5.74) is 6.42. The number of rotatable bonds is 6. The first-order valence-electron chi connectivity index (χ1n) is 19.8. The van der Waals surface area contributed by atoms with Gasteiger partial charge in [0.05, 0.1) is 18.6 Å². The summed E-state index contributed by atoms with van der Waals surface area (Å²) < 4.78 is 25.4. The van der Waals surface area contributed by atoms with Crippen molar-refractivity contribution in [1.29, 1.82) is 0 Å². The number of ether oxygens (including phenoxy) is 3. The Morgan fingerprint density at radius 1 is 0.825 bits per heavy atom. The number of carbonyl (C=O) groups excluding carboxylic acids is 2. The molecule has 0 aliphatic carbocycles. The molecule has 5 bridgehead atoms. The number of aryl methyl sites for hydroxylation is 2. The molecule has 4 heterocycles. The third kappa shape index (κ3) is 8.31. The molecule has 290 valence electrons. The molecule has 0 radical (unpaired) electrons. The Hall–Kier alpha value is -5.91. The maximum absolute atomic E-state index is 14.5. The molecule has 57 heavy (non-hydrogen) atoms. The predicted octanol–water partition coefficient (Wildman–Crippen LogP) is 8.12. The molecule has 1 N–H and O–H groups in total. The SMILES string of the molecule is C/C(CO)=C1\CCc2ccc3c(c2)CC#CC[C@@]2(C)Oc4ccc5ccc(=O)oc5c4[C@@H](OC(=O)C[C@@H](CCc4cccc(Cc5ccccc5)c4)C3)[C@@H]2OC1=O. The van der Waals surface area contributed by atoms with Crippen LogP contribution in [-0.4, -0.2) is 35.4 Å². The molecule has 0 spiro atoms. The van der Waals surface area contributed by atoms with E-state index in [1.54, 1.807) is 32.0 Å². The van der Waals surface area contributed by atoms with Crippen LogP contribution in [0.2, 0.25) is 0 Å². The molecule has 0 fully saturated rings. The van der Waals surface area contributed by atoms with Crippen molar-refractivity contribution in [2.45, 2.75) is 89.4 Å². The Morgan fingerprint density at radius 2 is 1.63 bits per heavy atom. The molecule has 4 atom stereocenters. The van der Waals surface area contributed by atoms with Crippen molar-refractivity contribution < 1.29 is 33.3 Å². The summed E-state index contributed by atoms with van der Waals surface area (Å²) in [6.07, 6.45) is 2.21. The average molecular weight is 763 g/mol. The maximum Gasteiger partial charge on any atom is 0.336 e. The van der Waals surface area contributed by atoms with Gasteiger partial charge in [-0.25, -0.2) is 9.59 Å². The second-order valence-corrected chi connectivity index (χ2v) is 15.8. The van der Waals surface area contributed by atoms with Gasteiger partial charge in [0.2, 0.25) is 0 Å². The molecule has 8 rings (SSSR count). The van der Waals surface area contributed by atoms with Gasteiger partial charge in [0.15, 0.2) is 17.8 Å². The predicted molar refractivity (Wildman–Crippen MR) is 217 cm³/mol. The van der Waals surface area contributed by atoms with Crippen LogP contribution in [0.1, 0.15) is 84.6 Å². The number of hydrogen-bond acceptors (Lipinski definition) is 8. The lowest BCUT2D eigenvalue weighted by atomic mass is 9.83. The second kappa shape index (κ2) is 16.3. The Labute approximate surface area is 332 Å². The summed E-state index contributed by atoms with van der Waals surface area (Å²) in [5, 5.41) is 10.8. The van der Waals surface area contributed by atoms with Crippen LogP contribution in [0.15, 0.2) is 117 Å². The molecular formula is C49H46O8. The summed E-state index contributed by atoms with van der Waals surface area (Å²) in [6.45, 7) is 3.19. The molecular weight excluding hydrogens is 717 g/mol. The van der Waals surface area contributed by atoms with Crippen LogP contribution in [0.25, 0.3) is 11.0 Å². The van der Waals surface area contributed by atoms with Gasteiger partial charge in [0, 0.05) is 29.9 Å². The number of benzene rings is 4. The lowest BCUT2D eigenvalue weighted by Crippen LogP contribution is -2.54. The first-order chi connectivity index (χ1) is 27.7. The van der Waals surface area contributed by atoms with Crippen LogP contribution < -0.4 is 10.4 Å². The van der Waals surface area contributed by atoms with Crippen molar-refractivity contribution in [3.8, 4) is 17.6 Å². The minimum atomic E-state index is -1.27. The van der Waals surface area contributed by atoms with Crippen LogP contribution in [0.5, 0.6) is 5.75 Å². The van der Waals surface area contributed by atoms with Crippen molar-refractivity contribution in [3.63, 3.8) is 0 Å². The van der Waals surface area contributed by atoms with E-state index >= 15 is 0 Å². The second-order valence-electron chi connectivity index (χ2n) is 15.8. The van der Waals surface area contributed by atoms with Gasteiger partial charge in [0.25, 0.3) is 0 Å². The Morgan fingerprint density at radius 3 is 2.47 bits per heavy atom. The standard InChI is InChI=1S/C49H46O8/c1-31(30-50)40-21-17-34-16-18-39-28-36(15-14-33-11-8-12-35(26-33)25-32-9-4-3-5-10-32)29-43(52)55-46-44-41(22-19-37-20-23-42(51)54-45(37)44)57-49(2,47(46)56-48(40)53)24-7-6-13-38(39)27-34/h3-5,8-12,16,18-20,22-23,26-27,36,46-47,50H,13-15,17,21,24-25,28-30H2,1-2H3/b40-31-/t36-,46+,47-,49+/m0/s1. The Kier molecular flexibility index (Phi) is 10.9. The van der Waals surface area contributed by atoms with Crippen molar-refractivity contribution in [3.05, 3.63) is 158 Å². The number of esters is 2. The smallest absolute Gasteiger partial charge is 0.336 e. The molecule has 0 saturated heterocycles. The average Bonchev–Trinajstić information content (AvgIpc) is 3.20. The summed E-state index contributed by atoms with van der Waals surface area (Å²) in [4.78, 5) is 41.4. The zero-order valence-corrected chi connectivity index (χ0v) is 32.3. The number of hydrogen-bond donors (Lipinski definition) is 1. The third-order valence-electron chi connectivity index (χ3n) is 11.6. The molecule has 8 nitrogen and oxygen atoms in total. The lowest BCUT2D eigenvalue weighted by molar-refractivity contribution is -0.190. The zero-order chi connectivity index (χ0) is 39.5. The Bertz CT molecular complexity index is 2480. The van der Waals surface area contributed by atoms with Gasteiger partial charge >= 0.3 is 17.6 Å². The molecule has 5 aromatic rings. The number of aliphatic hydroxyl groups is 1. The van der Waals surface area contributed by atoms with Crippen LogP contribution in [0, 0.1) is 17.8 Å². The fraction of sp³-hybridized carbons (Fsp3) is 0.327. The van der Waals surface area contributed by atoms with E-state index in [2.05, 4.69) is 78.6 Å². The minimum Gasteiger partial charge on any atom is -0.482 e. The van der Waals surface area contributed by atoms with Crippen LogP contribution in [0.3, 0.4) is 0 Å². The fourth-order valence-corrected chi connectivity index (χ4v) is 8.46. The number of aliphatic hydroxyl groups excluding tert-OH is 1. The van der Waals surface area contributed by atoms with Crippen molar-refractivity contribution in [1.82, 2.24) is 0 Å². The van der Waals surface area contributed by atoms with Gasteiger partial charge < -0.3 is 23.7 Å². The van der Waals surface area contributed by atoms with Crippen molar-refractivity contribution in [2.24, 2.45) is 5.92 Å². The van der Waals surface area contributed by atoms with E-state index < -0.39 is 35.4 Å². The summed E-state index contributed by atoms with van der Waals surface area (Å²) >= 11 is 0. The van der Waals surface area contributed by atoms with Gasteiger partial charge in [-0.15, -0.1) is 0 Å². The molecule has 3 aliphatic heterocycles. The first-order valence-corrected chi connectivity index (χ1v) is 19.8. The van der Waals surface area contributed by atoms with Crippen molar-refractivity contribution in [2.75, 3.05) is 6.61 Å². The monoisotopic (exact) mass is 762 g/mol. The topological polar surface area (TPSA) is 112 Å². The highest BCUT2D eigenvalue weighted by Gasteiger charge is 2.53. The highest BCUT2D eigenvalue weighted by Crippen LogP contribution is 2.48. The van der Waals surface area contributed by atoms with Crippen molar-refractivity contribution >= 4 is 22.9 Å². The highest BCUT2D eigenvalue weighted by atomic mass is 16.6. The molecule has 4 aromatic carbocycles. The van der Waals surface area contributed by atoms with Gasteiger partial charge in [0.1, 0.15) is 11.3 Å². The fourth-order valence-electron chi connectivity index (χ4n) is 8.46. The zero-order valence-electron chi connectivity index (χ0n) is 32.3. The minimum absolute atomic E-state index is 0.0948. The molecule has 0 unspecified atom stereocenters. The third-order valence-corrected chi connectivity index (χ3v) is 11.6. The Balaban J connectivity index is 1.22. The highest BCUT2D eigenvalue weighted by molar-refractivity contribution is 5.90. The van der Waals surface area contributed by atoms with E-state index in [9.17, 15) is 19.5 Å². The summed E-state index contributed by atoms with van der Waals surface area (Å²) in [5.74, 6) is 5.85. The number of carbonyl (C=O) groups is 2. The summed E-state index contributed by atoms with van der Waals surface area (Å²) in [6, 6.07) is 31.9. The quantitative estimate of drug-likeness (QED) is 0.0800. The van der Waals surface area contributed by atoms with E-state index in [1.807, 2.05) is 6.07 Å². The van der Waals surface area contributed by atoms with E-state index in [0.29, 0.717) is 53.5 Å². The lowest BCUT2D eigenvalue weighted by Gasteiger charge is -2.44. The summed E-state index contributed by atoms with van der Waals surface area (Å²) in [7, 11) is 0. The maximum atomic E-state index is 14.5. The van der Waals surface area contributed by atoms with Gasteiger partial charge in [-0.1, -0.05) is 84.6 Å². The largest absolute Gasteiger partial charge is 0.482 e. The molecule has 3 aliphatic rings. The van der Waals surface area contributed by atoms with E-state index in [1.165, 1.54) is 22.8 Å². The van der Waals surface area contributed by atoms with Gasteiger partial charge in [-0.05, 0) is 115 Å². The normalized spacial score (nSPS) is 22.8. The molecule has 8 heteroatoms. The molecule has 0 saturated carbocycles. The van der Waals surface area contributed by atoms with Gasteiger partial charge in [-0.2, -0.15) is 0 Å². The van der Waals surface area contributed by atoms with Gasteiger partial charge in [-0.3, -0.25) is 4.79 Å². The van der Waals surface area contributed by atoms with E-state index in [0.717, 1.165) is 36.0 Å². The van der Waals surface area contributed by atoms with Crippen LogP contribution in [-0.2, 0) is 51.2 Å². The van der Waals surface area contributed by atoms with E-state index in [4.69, 9.17) is 18.6 Å². The molecule has 1 aromatic heterocycles. The number of fused-ring (bicyclic) bond motifs is 7. The molecule has 0 amide bonds. The first kappa shape index (κ1) is 38.0. The van der Waals surface area contributed by atoms with E-state index in [-0.39, 0.29) is 30.9 Å².